The second kappa shape index (κ2) is 7.90. The molecule has 0 spiro atoms. The maximum Gasteiger partial charge on any atom is 0.254 e. The molecule has 1 heterocycles. The van der Waals surface area contributed by atoms with Crippen LogP contribution in [-0.4, -0.2) is 57.0 Å². The maximum atomic E-state index is 12.0. The molecule has 0 unspecified atom stereocenters. The molecule has 0 radical (unpaired) electrons. The average molecular weight is 327 g/mol. The third-order valence-corrected chi connectivity index (χ3v) is 4.00. The fraction of sp³-hybridized carbons (Fsp3) is 0.333. The number of hydrogen-bond donors (Lipinski definition) is 1. The van der Waals surface area contributed by atoms with Crippen molar-refractivity contribution < 1.29 is 14.3 Å². The topological polar surface area (TPSA) is 63.2 Å². The molecule has 1 N–H and O–H groups in total. The minimum Gasteiger partial charge on any atom is -0.496 e. The number of fused-ring (bicyclic) bond motifs is 1. The predicted molar refractivity (Wildman–Crippen MR) is 93.5 cm³/mol. The van der Waals surface area contributed by atoms with E-state index in [-0.39, 0.29) is 5.91 Å². The fourth-order valence-electron chi connectivity index (χ4n) is 2.75. The van der Waals surface area contributed by atoms with E-state index in [0.717, 1.165) is 35.2 Å². The summed E-state index contributed by atoms with van der Waals surface area (Å²) in [5.74, 6) is 0.590. The number of carbonyl (C=O) groups is 1. The number of nitrogens with zero attached hydrogens (tertiary/aromatic N) is 2. The second-order valence-electron chi connectivity index (χ2n) is 5.58. The molecule has 6 nitrogen and oxygen atoms in total. The maximum absolute atomic E-state index is 12.0. The van der Waals surface area contributed by atoms with Gasteiger partial charge in [-0.15, -0.1) is 0 Å². The van der Waals surface area contributed by atoms with Crippen LogP contribution in [0.15, 0.2) is 41.5 Å². The van der Waals surface area contributed by atoms with Crippen molar-refractivity contribution >= 4 is 22.9 Å². The molecule has 0 atom stereocenters. The lowest BCUT2D eigenvalue weighted by atomic mass is 10.0. The third-order valence-electron chi connectivity index (χ3n) is 4.00. The van der Waals surface area contributed by atoms with E-state index < -0.39 is 0 Å². The summed E-state index contributed by atoms with van der Waals surface area (Å²) in [6, 6.07) is 11.9. The zero-order valence-electron chi connectivity index (χ0n) is 13.7. The monoisotopic (exact) mass is 327 g/mol. The van der Waals surface area contributed by atoms with E-state index >= 15 is 0 Å². The Morgan fingerprint density at radius 3 is 2.88 bits per heavy atom. The molecule has 0 saturated carbocycles. The van der Waals surface area contributed by atoms with E-state index in [2.05, 4.69) is 10.5 Å². The Labute approximate surface area is 141 Å². The van der Waals surface area contributed by atoms with Crippen LogP contribution in [0.25, 0.3) is 10.8 Å². The quantitative estimate of drug-likeness (QED) is 0.670. The minimum atomic E-state index is -0.132. The zero-order chi connectivity index (χ0) is 16.8. The van der Waals surface area contributed by atoms with E-state index in [4.69, 9.17) is 9.47 Å². The SMILES string of the molecule is COc1ccc2ccccc2c1C=NNC(=O)CN1CCOCC1. The number of hydrogen-bond acceptors (Lipinski definition) is 5. The van der Waals surface area contributed by atoms with Gasteiger partial charge in [0.1, 0.15) is 5.75 Å². The Kier molecular flexibility index (Phi) is 5.40. The van der Waals surface area contributed by atoms with Crippen LogP contribution in [0.3, 0.4) is 0 Å². The van der Waals surface area contributed by atoms with Crippen LogP contribution in [0.4, 0.5) is 0 Å². The molecule has 1 saturated heterocycles. The lowest BCUT2D eigenvalue weighted by Gasteiger charge is -2.25. The number of amides is 1. The zero-order valence-corrected chi connectivity index (χ0v) is 13.7. The van der Waals surface area contributed by atoms with Crippen molar-refractivity contribution in [1.29, 1.82) is 0 Å². The molecule has 24 heavy (non-hydrogen) atoms. The van der Waals surface area contributed by atoms with Crippen LogP contribution in [0.2, 0.25) is 0 Å². The van der Waals surface area contributed by atoms with E-state index in [9.17, 15) is 4.79 Å². The van der Waals surface area contributed by atoms with Crippen molar-refractivity contribution in [3.63, 3.8) is 0 Å². The number of benzene rings is 2. The van der Waals surface area contributed by atoms with Gasteiger partial charge in [0.25, 0.3) is 5.91 Å². The summed E-state index contributed by atoms with van der Waals surface area (Å²) in [5.41, 5.74) is 3.44. The van der Waals surface area contributed by atoms with Crippen molar-refractivity contribution in [1.82, 2.24) is 10.3 Å². The van der Waals surface area contributed by atoms with Crippen molar-refractivity contribution in [2.45, 2.75) is 0 Å². The van der Waals surface area contributed by atoms with Gasteiger partial charge >= 0.3 is 0 Å². The molecule has 0 aromatic heterocycles. The van der Waals surface area contributed by atoms with E-state index in [0.29, 0.717) is 19.8 Å². The largest absolute Gasteiger partial charge is 0.496 e. The summed E-state index contributed by atoms with van der Waals surface area (Å²) in [7, 11) is 1.62. The van der Waals surface area contributed by atoms with Gasteiger partial charge in [-0.3, -0.25) is 9.69 Å². The molecule has 2 aromatic carbocycles. The molecular formula is C18H21N3O3. The lowest BCUT2D eigenvalue weighted by Crippen LogP contribution is -2.42. The van der Waals surface area contributed by atoms with Crippen LogP contribution in [0.5, 0.6) is 5.75 Å². The number of rotatable bonds is 5. The first-order valence-electron chi connectivity index (χ1n) is 7.95. The molecule has 2 aromatic rings. The van der Waals surface area contributed by atoms with Gasteiger partial charge in [-0.05, 0) is 16.8 Å². The Morgan fingerprint density at radius 2 is 2.08 bits per heavy atom. The predicted octanol–water partition coefficient (Wildman–Crippen LogP) is 1.63. The first kappa shape index (κ1) is 16.4. The van der Waals surface area contributed by atoms with Crippen LogP contribution >= 0.6 is 0 Å². The van der Waals surface area contributed by atoms with E-state index in [1.165, 1.54) is 0 Å². The summed E-state index contributed by atoms with van der Waals surface area (Å²) in [5, 5.41) is 6.23. The highest BCUT2D eigenvalue weighted by atomic mass is 16.5. The molecular weight excluding hydrogens is 306 g/mol. The molecule has 0 bridgehead atoms. The summed E-state index contributed by atoms with van der Waals surface area (Å²) in [6.07, 6.45) is 1.64. The van der Waals surface area contributed by atoms with Gasteiger partial charge in [-0.1, -0.05) is 30.3 Å². The molecule has 1 fully saturated rings. The number of methoxy groups -OCH3 is 1. The van der Waals surface area contributed by atoms with Gasteiger partial charge in [-0.2, -0.15) is 5.10 Å². The molecule has 6 heteroatoms. The van der Waals surface area contributed by atoms with Gasteiger partial charge in [-0.25, -0.2) is 5.43 Å². The van der Waals surface area contributed by atoms with Gasteiger partial charge in [0, 0.05) is 18.7 Å². The van der Waals surface area contributed by atoms with Gasteiger partial charge in [0.2, 0.25) is 0 Å². The first-order chi connectivity index (χ1) is 11.8. The molecule has 1 aliphatic rings. The molecule has 0 aliphatic carbocycles. The smallest absolute Gasteiger partial charge is 0.254 e. The number of hydrazone groups is 1. The van der Waals surface area contributed by atoms with Crippen LogP contribution in [0.1, 0.15) is 5.56 Å². The van der Waals surface area contributed by atoms with Crippen molar-refractivity contribution in [2.75, 3.05) is 40.0 Å². The fourth-order valence-corrected chi connectivity index (χ4v) is 2.75. The Balaban J connectivity index is 1.69. The minimum absolute atomic E-state index is 0.132. The number of nitrogens with one attached hydrogen (secondary N) is 1. The van der Waals surface area contributed by atoms with Gasteiger partial charge < -0.3 is 9.47 Å². The summed E-state index contributed by atoms with van der Waals surface area (Å²) in [4.78, 5) is 14.0. The summed E-state index contributed by atoms with van der Waals surface area (Å²) >= 11 is 0. The van der Waals surface area contributed by atoms with E-state index in [1.54, 1.807) is 13.3 Å². The summed E-state index contributed by atoms with van der Waals surface area (Å²) in [6.45, 7) is 3.21. The highest BCUT2D eigenvalue weighted by Crippen LogP contribution is 2.26. The van der Waals surface area contributed by atoms with Crippen LogP contribution < -0.4 is 10.2 Å². The van der Waals surface area contributed by atoms with Gasteiger partial charge in [0.15, 0.2) is 0 Å². The Morgan fingerprint density at radius 1 is 1.29 bits per heavy atom. The molecule has 126 valence electrons. The van der Waals surface area contributed by atoms with Crippen molar-refractivity contribution in [3.05, 3.63) is 42.0 Å². The second-order valence-corrected chi connectivity index (χ2v) is 5.58. The van der Waals surface area contributed by atoms with Crippen LogP contribution in [0, 0.1) is 0 Å². The molecule has 1 amide bonds. The van der Waals surface area contributed by atoms with Gasteiger partial charge in [0.05, 0.1) is 33.1 Å². The number of morpholine rings is 1. The number of ether oxygens (including phenoxy) is 2. The normalized spacial score (nSPS) is 15.7. The van der Waals surface area contributed by atoms with E-state index in [1.807, 2.05) is 41.3 Å². The molecule has 3 rings (SSSR count). The average Bonchev–Trinajstić information content (AvgIpc) is 2.62. The van der Waals surface area contributed by atoms with Crippen molar-refractivity contribution in [3.8, 4) is 5.75 Å². The molecule has 1 aliphatic heterocycles. The lowest BCUT2D eigenvalue weighted by molar-refractivity contribution is -0.123. The standard InChI is InChI=1S/C18H21N3O3/c1-23-17-7-6-14-4-2-3-5-15(14)16(17)12-19-20-18(22)13-21-8-10-24-11-9-21/h2-7,12H,8-11,13H2,1H3,(H,20,22). The highest BCUT2D eigenvalue weighted by Gasteiger charge is 2.13. The Hall–Kier alpha value is -2.44. The number of carbonyl (C=O) groups excluding carboxylic acids is 1. The highest BCUT2D eigenvalue weighted by molar-refractivity contribution is 6.02. The van der Waals surface area contributed by atoms with Crippen molar-refractivity contribution in [2.24, 2.45) is 5.10 Å². The first-order valence-corrected chi connectivity index (χ1v) is 7.95. The third kappa shape index (κ3) is 3.90. The Bertz CT molecular complexity index is 739. The van der Waals surface area contributed by atoms with Crippen LogP contribution in [-0.2, 0) is 9.53 Å². The summed E-state index contributed by atoms with van der Waals surface area (Å²) < 4.78 is 10.7.